The Kier molecular flexibility index (Phi) is 1.80. The number of methoxy groups -OCH3 is 1. The van der Waals surface area contributed by atoms with Crippen LogP contribution in [-0.4, -0.2) is 23.0 Å². The van der Waals surface area contributed by atoms with E-state index in [1.54, 1.807) is 18.1 Å². The molecule has 1 atom stereocenters. The number of esters is 1. The molecule has 64 valence electrons. The maximum absolute atomic E-state index is 11.2. The molecule has 1 aliphatic heterocycles. The fourth-order valence-electron chi connectivity index (χ4n) is 1.21. The van der Waals surface area contributed by atoms with E-state index < -0.39 is 0 Å². The molecule has 5 heteroatoms. The molecule has 0 fully saturated rings. The third kappa shape index (κ3) is 1.01. The second-order valence-electron chi connectivity index (χ2n) is 2.48. The van der Waals surface area contributed by atoms with Crippen molar-refractivity contribution < 1.29 is 9.53 Å². The fraction of sp³-hybridized carbons (Fsp3) is 0.429. The highest BCUT2D eigenvalue weighted by molar-refractivity contribution is 7.99. The first-order chi connectivity index (χ1) is 5.83. The van der Waals surface area contributed by atoms with Crippen LogP contribution in [0.1, 0.15) is 16.6 Å². The van der Waals surface area contributed by atoms with Gasteiger partial charge < -0.3 is 9.72 Å². The first-order valence-corrected chi connectivity index (χ1v) is 4.59. The van der Waals surface area contributed by atoms with Crippen LogP contribution in [-0.2, 0) is 15.3 Å². The van der Waals surface area contributed by atoms with Gasteiger partial charge in [0.05, 0.1) is 19.1 Å². The van der Waals surface area contributed by atoms with Crippen LogP contribution in [0.4, 0.5) is 0 Å². The lowest BCUT2D eigenvalue weighted by molar-refractivity contribution is -0.140. The second kappa shape index (κ2) is 2.82. The Morgan fingerprint density at radius 2 is 2.75 bits per heavy atom. The molecular weight excluding hydrogens is 176 g/mol. The minimum absolute atomic E-state index is 0.217. The Hall–Kier alpha value is -0.970. The molecule has 1 aromatic rings. The summed E-state index contributed by atoms with van der Waals surface area (Å²) in [5, 5.41) is -0.226. The number of nitrogens with one attached hydrogen (secondary N) is 1. The number of nitrogens with zero attached hydrogens (tertiary/aromatic N) is 1. The normalized spacial score (nSPS) is 20.6. The maximum atomic E-state index is 11.2. The van der Waals surface area contributed by atoms with E-state index in [0.717, 1.165) is 17.1 Å². The summed E-state index contributed by atoms with van der Waals surface area (Å²) < 4.78 is 4.65. The molecule has 0 amide bonds. The Morgan fingerprint density at radius 3 is 3.50 bits per heavy atom. The van der Waals surface area contributed by atoms with Gasteiger partial charge in [-0.15, -0.1) is 11.8 Å². The lowest BCUT2D eigenvalue weighted by Gasteiger charge is -2.03. The monoisotopic (exact) mass is 184 g/mol. The Balaban J connectivity index is 2.28. The number of aromatic nitrogens is 2. The van der Waals surface area contributed by atoms with Crippen LogP contribution in [0.2, 0.25) is 0 Å². The molecule has 1 unspecified atom stereocenters. The van der Waals surface area contributed by atoms with Gasteiger partial charge in [-0.1, -0.05) is 0 Å². The molecule has 0 spiro atoms. The van der Waals surface area contributed by atoms with Gasteiger partial charge in [-0.05, 0) is 0 Å². The van der Waals surface area contributed by atoms with E-state index in [9.17, 15) is 4.79 Å². The highest BCUT2D eigenvalue weighted by atomic mass is 32.2. The second-order valence-corrected chi connectivity index (χ2v) is 3.57. The van der Waals surface area contributed by atoms with E-state index in [4.69, 9.17) is 0 Å². The van der Waals surface area contributed by atoms with Crippen molar-refractivity contribution in [1.82, 2.24) is 9.97 Å². The molecule has 0 radical (unpaired) electrons. The number of thioether (sulfide) groups is 1. The highest BCUT2D eigenvalue weighted by Gasteiger charge is 2.32. The number of fused-ring (bicyclic) bond motifs is 1. The van der Waals surface area contributed by atoms with Gasteiger partial charge in [-0.2, -0.15) is 0 Å². The first-order valence-electron chi connectivity index (χ1n) is 3.54. The zero-order valence-corrected chi connectivity index (χ0v) is 7.35. The summed E-state index contributed by atoms with van der Waals surface area (Å²) in [5.74, 6) is 0.598. The zero-order valence-electron chi connectivity index (χ0n) is 6.53. The summed E-state index contributed by atoms with van der Waals surface area (Å²) in [6, 6.07) is 0. The molecule has 12 heavy (non-hydrogen) atoms. The number of aromatic amines is 1. The minimum atomic E-state index is -0.226. The molecular formula is C7H8N2O2S. The van der Waals surface area contributed by atoms with E-state index in [2.05, 4.69) is 14.7 Å². The molecule has 2 rings (SSSR count). The van der Waals surface area contributed by atoms with Crippen LogP contribution in [0, 0.1) is 0 Å². The van der Waals surface area contributed by atoms with Crippen molar-refractivity contribution in [2.75, 3.05) is 7.11 Å². The van der Waals surface area contributed by atoms with Crippen molar-refractivity contribution in [1.29, 1.82) is 0 Å². The number of imidazole rings is 1. The SMILES string of the molecule is COC(=O)C1SCc2[nH]cnc21. The van der Waals surface area contributed by atoms with Gasteiger partial charge in [-0.25, -0.2) is 4.98 Å². The Morgan fingerprint density at radius 1 is 1.92 bits per heavy atom. The van der Waals surface area contributed by atoms with Gasteiger partial charge >= 0.3 is 5.97 Å². The van der Waals surface area contributed by atoms with Crippen molar-refractivity contribution in [3.63, 3.8) is 0 Å². The topological polar surface area (TPSA) is 55.0 Å². The molecule has 0 saturated carbocycles. The molecule has 0 aliphatic carbocycles. The minimum Gasteiger partial charge on any atom is -0.468 e. The zero-order chi connectivity index (χ0) is 8.55. The number of H-pyrrole nitrogens is 1. The number of carbonyl (C=O) groups excluding carboxylic acids is 1. The number of carbonyl (C=O) groups is 1. The Labute approximate surface area is 73.7 Å². The van der Waals surface area contributed by atoms with E-state index in [0.29, 0.717) is 0 Å². The summed E-state index contributed by atoms with van der Waals surface area (Å²) in [6.45, 7) is 0. The molecule has 0 saturated heterocycles. The van der Waals surface area contributed by atoms with Crippen molar-refractivity contribution in [3.8, 4) is 0 Å². The number of hydrogen-bond acceptors (Lipinski definition) is 4. The Bertz CT molecular complexity index is 310. The van der Waals surface area contributed by atoms with Crippen LogP contribution in [0.15, 0.2) is 6.33 Å². The van der Waals surface area contributed by atoms with E-state index in [-0.39, 0.29) is 11.2 Å². The van der Waals surface area contributed by atoms with Crippen LogP contribution in [0.3, 0.4) is 0 Å². The quantitative estimate of drug-likeness (QED) is 0.658. The van der Waals surface area contributed by atoms with Gasteiger partial charge in [0, 0.05) is 11.4 Å². The lowest BCUT2D eigenvalue weighted by atomic mass is 10.2. The summed E-state index contributed by atoms with van der Waals surface area (Å²) in [4.78, 5) is 18.2. The van der Waals surface area contributed by atoms with E-state index in [1.165, 1.54) is 7.11 Å². The van der Waals surface area contributed by atoms with Crippen LogP contribution < -0.4 is 0 Å². The molecule has 0 aromatic carbocycles. The molecule has 1 N–H and O–H groups in total. The van der Waals surface area contributed by atoms with Gasteiger partial charge in [0.2, 0.25) is 0 Å². The van der Waals surface area contributed by atoms with E-state index in [1.807, 2.05) is 0 Å². The van der Waals surface area contributed by atoms with Gasteiger partial charge in [-0.3, -0.25) is 4.79 Å². The summed E-state index contributed by atoms with van der Waals surface area (Å²) in [7, 11) is 1.40. The van der Waals surface area contributed by atoms with E-state index >= 15 is 0 Å². The van der Waals surface area contributed by atoms with Gasteiger partial charge in [0.25, 0.3) is 0 Å². The van der Waals surface area contributed by atoms with Gasteiger partial charge in [0.1, 0.15) is 5.25 Å². The summed E-state index contributed by atoms with van der Waals surface area (Å²) >= 11 is 1.54. The predicted octanol–water partition coefficient (Wildman–Crippen LogP) is 0.871. The van der Waals surface area contributed by atoms with Crippen LogP contribution in [0.5, 0.6) is 0 Å². The van der Waals surface area contributed by atoms with Crippen molar-refractivity contribution in [2.24, 2.45) is 0 Å². The van der Waals surface area contributed by atoms with Gasteiger partial charge in [0.15, 0.2) is 0 Å². The summed E-state index contributed by atoms with van der Waals surface area (Å²) in [6.07, 6.45) is 1.61. The first kappa shape index (κ1) is 7.67. The molecule has 2 heterocycles. The smallest absolute Gasteiger partial charge is 0.325 e. The number of ether oxygens (including phenoxy) is 1. The molecule has 4 nitrogen and oxygen atoms in total. The average Bonchev–Trinajstić information content (AvgIpc) is 2.62. The summed E-state index contributed by atoms with van der Waals surface area (Å²) in [5.41, 5.74) is 1.86. The standard InChI is InChI=1S/C7H8N2O2S/c1-11-7(10)6-5-4(2-12-6)8-3-9-5/h3,6H,2H2,1H3,(H,8,9). The molecule has 1 aliphatic rings. The fourth-order valence-corrected chi connectivity index (χ4v) is 2.36. The van der Waals surface area contributed by atoms with Crippen molar-refractivity contribution >= 4 is 17.7 Å². The lowest BCUT2D eigenvalue weighted by Crippen LogP contribution is -2.08. The number of rotatable bonds is 1. The largest absolute Gasteiger partial charge is 0.468 e. The number of hydrogen-bond donors (Lipinski definition) is 1. The predicted molar refractivity (Wildman–Crippen MR) is 44.6 cm³/mol. The van der Waals surface area contributed by atoms with Crippen molar-refractivity contribution in [2.45, 2.75) is 11.0 Å². The third-order valence-corrected chi connectivity index (χ3v) is 3.01. The van der Waals surface area contributed by atoms with Crippen LogP contribution in [0.25, 0.3) is 0 Å². The highest BCUT2D eigenvalue weighted by Crippen LogP contribution is 2.39. The molecule has 0 bridgehead atoms. The third-order valence-electron chi connectivity index (χ3n) is 1.81. The molecule has 1 aromatic heterocycles. The average molecular weight is 184 g/mol. The van der Waals surface area contributed by atoms with Crippen molar-refractivity contribution in [3.05, 3.63) is 17.7 Å². The maximum Gasteiger partial charge on any atom is 0.325 e. The van der Waals surface area contributed by atoms with Crippen LogP contribution >= 0.6 is 11.8 Å².